The second kappa shape index (κ2) is 6.46. The molecule has 0 bridgehead atoms. The number of hydrogen-bond acceptors (Lipinski definition) is 2. The lowest BCUT2D eigenvalue weighted by Gasteiger charge is -2.10. The van der Waals surface area contributed by atoms with Crippen LogP contribution in [0.2, 0.25) is 0 Å². The average Bonchev–Trinajstić information content (AvgIpc) is 2.46. The molecule has 0 aliphatic heterocycles. The van der Waals surface area contributed by atoms with Crippen LogP contribution < -0.4 is 10.6 Å². The molecule has 2 rings (SSSR count). The van der Waals surface area contributed by atoms with Crippen molar-refractivity contribution in [1.82, 2.24) is 0 Å². The Bertz CT molecular complexity index is 636. The number of anilines is 2. The minimum absolute atomic E-state index is 0.0906. The van der Waals surface area contributed by atoms with E-state index in [0.717, 1.165) is 12.1 Å². The third kappa shape index (κ3) is 4.47. The molecule has 0 aliphatic rings. The maximum absolute atomic E-state index is 12.7. The first-order valence-electron chi connectivity index (χ1n) is 6.31. The molecule has 22 heavy (non-hydrogen) atoms. The van der Waals surface area contributed by atoms with Gasteiger partial charge in [-0.15, -0.1) is 0 Å². The van der Waals surface area contributed by atoms with Crippen LogP contribution in [0.5, 0.6) is 0 Å². The van der Waals surface area contributed by atoms with E-state index in [4.69, 9.17) is 0 Å². The monoisotopic (exact) mass is 312 g/mol. The van der Waals surface area contributed by atoms with E-state index < -0.39 is 17.6 Å². The van der Waals surface area contributed by atoms with Crippen LogP contribution in [0, 0.1) is 5.82 Å². The number of amides is 1. The third-order valence-corrected chi connectivity index (χ3v) is 2.79. The first-order valence-corrected chi connectivity index (χ1v) is 6.31. The molecule has 0 saturated heterocycles. The summed E-state index contributed by atoms with van der Waals surface area (Å²) in [5, 5.41) is 5.23. The van der Waals surface area contributed by atoms with E-state index in [-0.39, 0.29) is 18.0 Å². The smallest absolute Gasteiger partial charge is 0.376 e. The SMILES string of the molecule is O=C(CNc1ccc(F)cc1)Nc1ccc(C(F)(F)F)cc1. The summed E-state index contributed by atoms with van der Waals surface area (Å²) >= 11 is 0. The van der Waals surface area contributed by atoms with E-state index in [1.807, 2.05) is 0 Å². The summed E-state index contributed by atoms with van der Waals surface area (Å²) in [4.78, 5) is 11.7. The van der Waals surface area contributed by atoms with Gasteiger partial charge in [0.05, 0.1) is 12.1 Å². The molecule has 2 aromatic rings. The van der Waals surface area contributed by atoms with Crippen LogP contribution in [0.3, 0.4) is 0 Å². The maximum Gasteiger partial charge on any atom is 0.416 e. The van der Waals surface area contributed by atoms with Crippen molar-refractivity contribution in [2.75, 3.05) is 17.2 Å². The number of benzene rings is 2. The van der Waals surface area contributed by atoms with Crippen molar-refractivity contribution in [2.45, 2.75) is 6.18 Å². The van der Waals surface area contributed by atoms with Crippen molar-refractivity contribution in [3.63, 3.8) is 0 Å². The number of nitrogens with one attached hydrogen (secondary N) is 2. The van der Waals surface area contributed by atoms with Crippen molar-refractivity contribution in [2.24, 2.45) is 0 Å². The van der Waals surface area contributed by atoms with Gasteiger partial charge in [0, 0.05) is 11.4 Å². The summed E-state index contributed by atoms with van der Waals surface area (Å²) < 4.78 is 49.9. The van der Waals surface area contributed by atoms with Gasteiger partial charge in [0.2, 0.25) is 5.91 Å². The Hall–Kier alpha value is -2.57. The standard InChI is InChI=1S/C15H12F4N2O/c16-11-3-7-12(8-4-11)20-9-14(22)21-13-5-1-10(2-6-13)15(17,18)19/h1-8,20H,9H2,(H,21,22). The van der Waals surface area contributed by atoms with Crippen molar-refractivity contribution in [3.8, 4) is 0 Å². The Balaban J connectivity index is 1.88. The minimum atomic E-state index is -4.41. The fourth-order valence-corrected chi connectivity index (χ4v) is 1.70. The summed E-state index contributed by atoms with van der Waals surface area (Å²) in [5.41, 5.74) is 0.0396. The molecular weight excluding hydrogens is 300 g/mol. The molecule has 2 aromatic carbocycles. The highest BCUT2D eigenvalue weighted by atomic mass is 19.4. The van der Waals surface area contributed by atoms with E-state index in [9.17, 15) is 22.4 Å². The van der Waals surface area contributed by atoms with Gasteiger partial charge in [-0.25, -0.2) is 4.39 Å². The summed E-state index contributed by atoms with van der Waals surface area (Å²) in [6.45, 7) is -0.0906. The van der Waals surface area contributed by atoms with E-state index >= 15 is 0 Å². The Morgan fingerprint density at radius 2 is 1.45 bits per heavy atom. The molecule has 7 heteroatoms. The predicted molar refractivity (Wildman–Crippen MR) is 75.0 cm³/mol. The Kier molecular flexibility index (Phi) is 4.65. The fraction of sp³-hybridized carbons (Fsp3) is 0.133. The summed E-state index contributed by atoms with van der Waals surface area (Å²) in [7, 11) is 0. The molecule has 0 atom stereocenters. The molecule has 0 fully saturated rings. The van der Waals surface area contributed by atoms with Crippen molar-refractivity contribution in [1.29, 1.82) is 0 Å². The second-order valence-corrected chi connectivity index (χ2v) is 4.48. The highest BCUT2D eigenvalue weighted by Gasteiger charge is 2.29. The zero-order chi connectivity index (χ0) is 16.2. The summed E-state index contributed by atoms with van der Waals surface area (Å²) in [6.07, 6.45) is -4.41. The second-order valence-electron chi connectivity index (χ2n) is 4.48. The van der Waals surface area contributed by atoms with Crippen molar-refractivity contribution in [3.05, 3.63) is 59.9 Å². The lowest BCUT2D eigenvalue weighted by Crippen LogP contribution is -2.21. The van der Waals surface area contributed by atoms with Gasteiger partial charge in [0.25, 0.3) is 0 Å². The van der Waals surface area contributed by atoms with Gasteiger partial charge in [0.15, 0.2) is 0 Å². The van der Waals surface area contributed by atoms with Gasteiger partial charge in [-0.3, -0.25) is 4.79 Å². The zero-order valence-corrected chi connectivity index (χ0v) is 11.2. The average molecular weight is 312 g/mol. The zero-order valence-electron chi connectivity index (χ0n) is 11.2. The Morgan fingerprint density at radius 3 is 2.00 bits per heavy atom. The highest BCUT2D eigenvalue weighted by Crippen LogP contribution is 2.29. The van der Waals surface area contributed by atoms with Crippen LogP contribution in [-0.4, -0.2) is 12.5 Å². The molecule has 0 saturated carbocycles. The molecule has 0 aliphatic carbocycles. The van der Waals surface area contributed by atoms with Gasteiger partial charge < -0.3 is 10.6 Å². The van der Waals surface area contributed by atoms with Crippen LogP contribution >= 0.6 is 0 Å². The van der Waals surface area contributed by atoms with E-state index in [0.29, 0.717) is 5.69 Å². The Labute approximate surface area is 124 Å². The third-order valence-electron chi connectivity index (χ3n) is 2.79. The lowest BCUT2D eigenvalue weighted by atomic mass is 10.2. The number of hydrogen-bond donors (Lipinski definition) is 2. The number of alkyl halides is 3. The molecule has 3 nitrogen and oxygen atoms in total. The molecule has 2 N–H and O–H groups in total. The minimum Gasteiger partial charge on any atom is -0.376 e. The predicted octanol–water partition coefficient (Wildman–Crippen LogP) is 3.90. The van der Waals surface area contributed by atoms with Crippen LogP contribution in [0.4, 0.5) is 28.9 Å². The van der Waals surface area contributed by atoms with Crippen LogP contribution in [0.1, 0.15) is 5.56 Å². The van der Waals surface area contributed by atoms with E-state index in [1.165, 1.54) is 36.4 Å². The van der Waals surface area contributed by atoms with Gasteiger partial charge in [-0.05, 0) is 48.5 Å². The van der Waals surface area contributed by atoms with Crippen molar-refractivity contribution < 1.29 is 22.4 Å². The molecular formula is C15H12F4N2O. The summed E-state index contributed by atoms with van der Waals surface area (Å²) in [6, 6.07) is 9.58. The van der Waals surface area contributed by atoms with Gasteiger partial charge in [-0.1, -0.05) is 0 Å². The molecule has 0 heterocycles. The van der Waals surface area contributed by atoms with E-state index in [1.54, 1.807) is 0 Å². The first kappa shape index (κ1) is 15.8. The quantitative estimate of drug-likeness (QED) is 0.841. The number of rotatable bonds is 4. The molecule has 0 spiro atoms. The summed E-state index contributed by atoms with van der Waals surface area (Å²) in [5.74, 6) is -0.816. The van der Waals surface area contributed by atoms with E-state index in [2.05, 4.69) is 10.6 Å². The maximum atomic E-state index is 12.7. The fourth-order valence-electron chi connectivity index (χ4n) is 1.70. The van der Waals surface area contributed by atoms with Gasteiger partial charge in [0.1, 0.15) is 5.82 Å². The number of carbonyl (C=O) groups excluding carboxylic acids is 1. The van der Waals surface area contributed by atoms with Crippen molar-refractivity contribution >= 4 is 17.3 Å². The lowest BCUT2D eigenvalue weighted by molar-refractivity contribution is -0.137. The first-order chi connectivity index (χ1) is 10.3. The normalized spacial score (nSPS) is 11.1. The van der Waals surface area contributed by atoms with Crippen LogP contribution in [0.25, 0.3) is 0 Å². The molecule has 116 valence electrons. The van der Waals surface area contributed by atoms with Crippen LogP contribution in [0.15, 0.2) is 48.5 Å². The van der Waals surface area contributed by atoms with Crippen LogP contribution in [-0.2, 0) is 11.0 Å². The number of halogens is 4. The molecule has 0 aromatic heterocycles. The highest BCUT2D eigenvalue weighted by molar-refractivity contribution is 5.93. The van der Waals surface area contributed by atoms with Gasteiger partial charge >= 0.3 is 6.18 Å². The Morgan fingerprint density at radius 1 is 0.909 bits per heavy atom. The topological polar surface area (TPSA) is 41.1 Å². The molecule has 1 amide bonds. The largest absolute Gasteiger partial charge is 0.416 e. The van der Waals surface area contributed by atoms with Gasteiger partial charge in [-0.2, -0.15) is 13.2 Å². The molecule has 0 radical (unpaired) electrons. The molecule has 0 unspecified atom stereocenters. The number of carbonyl (C=O) groups is 1.